The molecule has 19 heavy (non-hydrogen) atoms. The van der Waals surface area contributed by atoms with E-state index in [1.54, 1.807) is 12.3 Å². The second-order valence-corrected chi connectivity index (χ2v) is 4.57. The van der Waals surface area contributed by atoms with E-state index in [1.807, 2.05) is 13.0 Å². The number of aliphatic hydroxyl groups excluding tert-OH is 1. The van der Waals surface area contributed by atoms with Crippen LogP contribution in [0.4, 0.5) is 5.69 Å². The molecule has 0 spiro atoms. The minimum Gasteiger partial charge on any atom is -0.395 e. The monoisotopic (exact) mass is 264 g/mol. The lowest BCUT2D eigenvalue weighted by molar-refractivity contribution is 0.0983. The number of aliphatic hydroxyl groups is 1. The molecule has 1 heterocycles. The third-order valence-corrected chi connectivity index (χ3v) is 3.41. The Hall–Kier alpha value is -1.42. The molecule has 0 radical (unpaired) electrons. The average Bonchev–Trinajstić information content (AvgIpc) is 2.47. The molecule has 4 nitrogen and oxygen atoms in total. The normalized spacial score (nSPS) is 10.8. The Balaban J connectivity index is 2.93. The Morgan fingerprint density at radius 1 is 1.32 bits per heavy atom. The van der Waals surface area contributed by atoms with Crippen LogP contribution in [-0.2, 0) is 0 Å². The standard InChI is InChI=1S/C15H24N2O2/c1-4-12(5-2)17(9-10-18)13-7-8-14(16-11-13)15(19)6-3/h7-8,11-12,18H,4-6,9-10H2,1-3H3. The molecule has 1 rings (SSSR count). The van der Waals surface area contributed by atoms with Gasteiger partial charge in [0.1, 0.15) is 5.69 Å². The maximum absolute atomic E-state index is 11.6. The van der Waals surface area contributed by atoms with Crippen LogP contribution in [0.5, 0.6) is 0 Å². The number of nitrogens with zero attached hydrogens (tertiary/aromatic N) is 2. The van der Waals surface area contributed by atoms with Crippen LogP contribution in [-0.4, -0.2) is 35.1 Å². The van der Waals surface area contributed by atoms with Crippen molar-refractivity contribution >= 4 is 11.5 Å². The quantitative estimate of drug-likeness (QED) is 0.733. The minimum absolute atomic E-state index is 0.0581. The Kier molecular flexibility index (Phi) is 6.50. The summed E-state index contributed by atoms with van der Waals surface area (Å²) < 4.78 is 0. The van der Waals surface area contributed by atoms with E-state index >= 15 is 0 Å². The van der Waals surface area contributed by atoms with Gasteiger partial charge in [0.2, 0.25) is 0 Å². The maximum atomic E-state index is 11.6. The summed E-state index contributed by atoms with van der Waals surface area (Å²) in [5.74, 6) is 0.0581. The molecule has 0 aliphatic carbocycles. The van der Waals surface area contributed by atoms with Gasteiger partial charge in [-0.2, -0.15) is 0 Å². The number of pyridine rings is 1. The number of anilines is 1. The summed E-state index contributed by atoms with van der Waals surface area (Å²) in [6.45, 7) is 6.82. The third kappa shape index (κ3) is 4.03. The van der Waals surface area contributed by atoms with Crippen molar-refractivity contribution in [2.45, 2.75) is 46.1 Å². The highest BCUT2D eigenvalue weighted by Gasteiger charge is 2.16. The van der Waals surface area contributed by atoms with Crippen molar-refractivity contribution in [2.24, 2.45) is 0 Å². The molecule has 1 N–H and O–H groups in total. The van der Waals surface area contributed by atoms with Crippen LogP contribution < -0.4 is 4.90 Å². The Labute approximate surface area is 115 Å². The Morgan fingerprint density at radius 2 is 2.00 bits per heavy atom. The predicted molar refractivity (Wildman–Crippen MR) is 77.7 cm³/mol. The molecule has 1 aromatic heterocycles. The molecule has 0 unspecified atom stereocenters. The van der Waals surface area contributed by atoms with Crippen molar-refractivity contribution in [3.63, 3.8) is 0 Å². The highest BCUT2D eigenvalue weighted by atomic mass is 16.3. The number of ketones is 1. The fraction of sp³-hybridized carbons (Fsp3) is 0.600. The van der Waals surface area contributed by atoms with Gasteiger partial charge in [-0.1, -0.05) is 20.8 Å². The fourth-order valence-corrected chi connectivity index (χ4v) is 2.26. The van der Waals surface area contributed by atoms with Crippen LogP contribution in [0.2, 0.25) is 0 Å². The van der Waals surface area contributed by atoms with Gasteiger partial charge < -0.3 is 10.0 Å². The zero-order valence-electron chi connectivity index (χ0n) is 12.1. The SMILES string of the molecule is CCC(=O)c1ccc(N(CCO)C(CC)CC)cn1. The topological polar surface area (TPSA) is 53.4 Å². The van der Waals surface area contributed by atoms with Crippen LogP contribution in [0.1, 0.15) is 50.5 Å². The van der Waals surface area contributed by atoms with Crippen molar-refractivity contribution in [1.29, 1.82) is 0 Å². The summed E-state index contributed by atoms with van der Waals surface area (Å²) in [4.78, 5) is 17.9. The number of rotatable bonds is 8. The van der Waals surface area contributed by atoms with Crippen molar-refractivity contribution in [1.82, 2.24) is 4.98 Å². The molecule has 0 aliphatic heterocycles. The summed E-state index contributed by atoms with van der Waals surface area (Å²) in [5, 5.41) is 9.20. The molecule has 1 aromatic rings. The largest absolute Gasteiger partial charge is 0.395 e. The average molecular weight is 264 g/mol. The van der Waals surface area contributed by atoms with Gasteiger partial charge in [0.25, 0.3) is 0 Å². The summed E-state index contributed by atoms with van der Waals surface area (Å²) in [6, 6.07) is 4.08. The van der Waals surface area contributed by atoms with E-state index in [1.165, 1.54) is 0 Å². The van der Waals surface area contributed by atoms with E-state index in [4.69, 9.17) is 0 Å². The Morgan fingerprint density at radius 3 is 2.42 bits per heavy atom. The van der Waals surface area contributed by atoms with Crippen LogP contribution in [0.25, 0.3) is 0 Å². The Bertz CT molecular complexity index is 386. The fourth-order valence-electron chi connectivity index (χ4n) is 2.26. The van der Waals surface area contributed by atoms with Gasteiger partial charge in [0.05, 0.1) is 18.5 Å². The zero-order chi connectivity index (χ0) is 14.3. The maximum Gasteiger partial charge on any atom is 0.180 e. The highest BCUT2D eigenvalue weighted by Crippen LogP contribution is 2.19. The highest BCUT2D eigenvalue weighted by molar-refractivity contribution is 5.94. The number of hydrogen-bond acceptors (Lipinski definition) is 4. The number of aromatic nitrogens is 1. The summed E-state index contributed by atoms with van der Waals surface area (Å²) in [5.41, 5.74) is 1.48. The third-order valence-electron chi connectivity index (χ3n) is 3.41. The number of carbonyl (C=O) groups excluding carboxylic acids is 1. The molecule has 0 saturated heterocycles. The lowest BCUT2D eigenvalue weighted by atomic mass is 10.1. The van der Waals surface area contributed by atoms with Gasteiger partial charge in [-0.05, 0) is 25.0 Å². The molecular formula is C15H24N2O2. The summed E-state index contributed by atoms with van der Waals surface area (Å²) in [7, 11) is 0. The van der Waals surface area contributed by atoms with E-state index < -0.39 is 0 Å². The molecule has 0 fully saturated rings. The molecular weight excluding hydrogens is 240 g/mol. The first-order valence-corrected chi connectivity index (χ1v) is 7.04. The number of carbonyl (C=O) groups is 1. The first-order valence-electron chi connectivity index (χ1n) is 7.04. The van der Waals surface area contributed by atoms with E-state index in [9.17, 15) is 9.90 Å². The zero-order valence-corrected chi connectivity index (χ0v) is 12.1. The summed E-state index contributed by atoms with van der Waals surface area (Å²) in [6.07, 6.45) is 4.24. The lowest BCUT2D eigenvalue weighted by Gasteiger charge is -2.31. The molecule has 106 valence electrons. The van der Waals surface area contributed by atoms with Crippen molar-refractivity contribution < 1.29 is 9.90 Å². The van der Waals surface area contributed by atoms with Gasteiger partial charge in [0.15, 0.2) is 5.78 Å². The van der Waals surface area contributed by atoms with E-state index in [2.05, 4.69) is 23.7 Å². The van der Waals surface area contributed by atoms with Gasteiger partial charge in [-0.15, -0.1) is 0 Å². The van der Waals surface area contributed by atoms with Crippen molar-refractivity contribution in [2.75, 3.05) is 18.1 Å². The van der Waals surface area contributed by atoms with Crippen LogP contribution >= 0.6 is 0 Å². The molecule has 4 heteroatoms. The number of hydrogen-bond donors (Lipinski definition) is 1. The van der Waals surface area contributed by atoms with Crippen molar-refractivity contribution in [3.05, 3.63) is 24.0 Å². The molecule has 0 amide bonds. The van der Waals surface area contributed by atoms with Crippen LogP contribution in [0, 0.1) is 0 Å². The molecule has 0 aliphatic rings. The van der Waals surface area contributed by atoms with Gasteiger partial charge in [-0.3, -0.25) is 9.78 Å². The van der Waals surface area contributed by atoms with Crippen LogP contribution in [0.15, 0.2) is 18.3 Å². The van der Waals surface area contributed by atoms with E-state index in [-0.39, 0.29) is 12.4 Å². The molecule has 0 atom stereocenters. The number of Topliss-reactive ketones (excluding diaryl/α,β-unsaturated/α-hetero) is 1. The van der Waals surface area contributed by atoms with Gasteiger partial charge in [0, 0.05) is 19.0 Å². The van der Waals surface area contributed by atoms with E-state index in [0.717, 1.165) is 18.5 Å². The molecule has 0 saturated carbocycles. The van der Waals surface area contributed by atoms with Gasteiger partial charge >= 0.3 is 0 Å². The van der Waals surface area contributed by atoms with Gasteiger partial charge in [-0.25, -0.2) is 0 Å². The molecule has 0 bridgehead atoms. The van der Waals surface area contributed by atoms with Crippen molar-refractivity contribution in [3.8, 4) is 0 Å². The van der Waals surface area contributed by atoms with E-state index in [0.29, 0.717) is 24.7 Å². The first-order chi connectivity index (χ1) is 9.17. The second kappa shape index (κ2) is 7.89. The van der Waals surface area contributed by atoms with Crippen LogP contribution in [0.3, 0.4) is 0 Å². The lowest BCUT2D eigenvalue weighted by Crippen LogP contribution is -2.36. The predicted octanol–water partition coefficient (Wildman–Crippen LogP) is 2.66. The smallest absolute Gasteiger partial charge is 0.180 e. The first kappa shape index (κ1) is 15.6. The molecule has 0 aromatic carbocycles. The minimum atomic E-state index is 0.0581. The summed E-state index contributed by atoms with van der Waals surface area (Å²) >= 11 is 0. The second-order valence-electron chi connectivity index (χ2n) is 4.57.